The number of morpholine rings is 1. The molecular formula is C15H16ClN5O2. The third-order valence-corrected chi connectivity index (χ3v) is 3.69. The smallest absolute Gasteiger partial charge is 0.253 e. The number of nitrogens with zero attached hydrogens (tertiary/aromatic N) is 4. The Morgan fingerprint density at radius 2 is 2.22 bits per heavy atom. The van der Waals surface area contributed by atoms with Gasteiger partial charge in [-0.1, -0.05) is 17.7 Å². The van der Waals surface area contributed by atoms with Gasteiger partial charge >= 0.3 is 0 Å². The van der Waals surface area contributed by atoms with Crippen molar-refractivity contribution in [2.24, 2.45) is 0 Å². The van der Waals surface area contributed by atoms with Crippen molar-refractivity contribution in [2.45, 2.75) is 6.54 Å². The predicted molar refractivity (Wildman–Crippen MR) is 85.5 cm³/mol. The minimum atomic E-state index is -0.251. The molecule has 3 heterocycles. The Morgan fingerprint density at radius 1 is 1.39 bits per heavy atom. The minimum absolute atomic E-state index is 0.188. The van der Waals surface area contributed by atoms with Crippen molar-refractivity contribution < 1.29 is 9.53 Å². The quantitative estimate of drug-likeness (QED) is 0.908. The number of halogens is 1. The lowest BCUT2D eigenvalue weighted by atomic mass is 10.2. The number of ether oxygens (including phenoxy) is 1. The van der Waals surface area contributed by atoms with Gasteiger partial charge in [0.2, 0.25) is 0 Å². The zero-order valence-electron chi connectivity index (χ0n) is 12.4. The molecule has 120 valence electrons. The van der Waals surface area contributed by atoms with Crippen molar-refractivity contribution >= 4 is 23.3 Å². The number of nitrogens with one attached hydrogen (secondary N) is 1. The molecule has 2 aromatic rings. The first-order valence-corrected chi connectivity index (χ1v) is 7.65. The Bertz CT molecular complexity index is 691. The van der Waals surface area contributed by atoms with Gasteiger partial charge in [-0.15, -0.1) is 5.10 Å². The molecule has 7 nitrogen and oxygen atoms in total. The summed E-state index contributed by atoms with van der Waals surface area (Å²) in [4.78, 5) is 18.8. The fourth-order valence-corrected chi connectivity index (χ4v) is 2.53. The summed E-state index contributed by atoms with van der Waals surface area (Å²) in [6, 6.07) is 5.29. The van der Waals surface area contributed by atoms with Crippen LogP contribution in [0, 0.1) is 0 Å². The van der Waals surface area contributed by atoms with Gasteiger partial charge in [0.25, 0.3) is 5.91 Å². The van der Waals surface area contributed by atoms with Gasteiger partial charge in [0.05, 0.1) is 25.0 Å². The first-order valence-electron chi connectivity index (χ1n) is 7.27. The average Bonchev–Trinajstić information content (AvgIpc) is 2.60. The molecule has 0 atom stereocenters. The van der Waals surface area contributed by atoms with Crippen molar-refractivity contribution in [1.29, 1.82) is 0 Å². The van der Waals surface area contributed by atoms with Crippen molar-refractivity contribution in [3.8, 4) is 0 Å². The van der Waals surface area contributed by atoms with Crippen LogP contribution < -0.4 is 10.2 Å². The van der Waals surface area contributed by atoms with Crippen LogP contribution in [0.4, 0.5) is 5.82 Å². The largest absolute Gasteiger partial charge is 0.378 e. The van der Waals surface area contributed by atoms with Crippen molar-refractivity contribution in [2.75, 3.05) is 31.2 Å². The summed E-state index contributed by atoms with van der Waals surface area (Å²) in [5, 5.41) is 10.3. The molecule has 3 rings (SSSR count). The molecule has 0 spiro atoms. The highest BCUT2D eigenvalue weighted by molar-refractivity contribution is 6.29. The van der Waals surface area contributed by atoms with Gasteiger partial charge < -0.3 is 15.0 Å². The first-order chi connectivity index (χ1) is 11.2. The Morgan fingerprint density at radius 3 is 3.00 bits per heavy atom. The minimum Gasteiger partial charge on any atom is -0.378 e. The predicted octanol–water partition coefficient (Wildman–Crippen LogP) is 1.29. The highest BCUT2D eigenvalue weighted by Crippen LogP contribution is 2.18. The number of aromatic nitrogens is 3. The SMILES string of the molecule is O=C(NCc1cccnc1N1CCOCC1)c1cnnc(Cl)c1. The third kappa shape index (κ3) is 3.94. The van der Waals surface area contributed by atoms with Crippen LogP contribution in [0.2, 0.25) is 5.15 Å². The summed E-state index contributed by atoms with van der Waals surface area (Å²) in [5.74, 6) is 0.626. The van der Waals surface area contributed by atoms with E-state index < -0.39 is 0 Å². The summed E-state index contributed by atoms with van der Waals surface area (Å²) < 4.78 is 5.36. The highest BCUT2D eigenvalue weighted by Gasteiger charge is 2.16. The molecular weight excluding hydrogens is 318 g/mol. The molecule has 0 aromatic carbocycles. The van der Waals surface area contributed by atoms with E-state index >= 15 is 0 Å². The van der Waals surface area contributed by atoms with Crippen molar-refractivity contribution in [1.82, 2.24) is 20.5 Å². The number of amides is 1. The highest BCUT2D eigenvalue weighted by atomic mass is 35.5. The number of pyridine rings is 1. The Hall–Kier alpha value is -2.25. The van der Waals surface area contributed by atoms with Gasteiger partial charge in [-0.3, -0.25) is 4.79 Å². The maximum Gasteiger partial charge on any atom is 0.253 e. The average molecular weight is 334 g/mol. The van der Waals surface area contributed by atoms with E-state index in [-0.39, 0.29) is 11.1 Å². The van der Waals surface area contributed by atoms with E-state index in [2.05, 4.69) is 25.4 Å². The molecule has 8 heteroatoms. The topological polar surface area (TPSA) is 80.2 Å². The second-order valence-corrected chi connectivity index (χ2v) is 5.42. The molecule has 1 fully saturated rings. The third-order valence-electron chi connectivity index (χ3n) is 3.50. The molecule has 1 aliphatic rings. The second-order valence-electron chi connectivity index (χ2n) is 5.04. The summed E-state index contributed by atoms with van der Waals surface area (Å²) in [6.07, 6.45) is 3.13. The van der Waals surface area contributed by atoms with E-state index in [4.69, 9.17) is 16.3 Å². The van der Waals surface area contributed by atoms with E-state index in [1.807, 2.05) is 12.1 Å². The summed E-state index contributed by atoms with van der Waals surface area (Å²) in [5.41, 5.74) is 1.33. The normalized spacial score (nSPS) is 14.6. The van der Waals surface area contributed by atoms with Crippen LogP contribution in [0.3, 0.4) is 0 Å². The van der Waals surface area contributed by atoms with Crippen molar-refractivity contribution in [3.05, 3.63) is 46.9 Å². The van der Waals surface area contributed by atoms with Crippen molar-refractivity contribution in [3.63, 3.8) is 0 Å². The number of hydrogen-bond acceptors (Lipinski definition) is 6. The second kappa shape index (κ2) is 7.34. The van der Waals surface area contributed by atoms with Crippen LogP contribution in [0.15, 0.2) is 30.6 Å². The summed E-state index contributed by atoms with van der Waals surface area (Å²) >= 11 is 5.75. The van der Waals surface area contributed by atoms with E-state index in [1.54, 1.807) is 6.20 Å². The van der Waals surface area contributed by atoms with Gasteiger partial charge in [0.1, 0.15) is 5.82 Å². The number of carbonyl (C=O) groups is 1. The lowest BCUT2D eigenvalue weighted by Crippen LogP contribution is -2.37. The standard InChI is InChI=1S/C15H16ClN5O2/c16-13-8-12(10-19-20-13)15(22)18-9-11-2-1-3-17-14(11)21-4-6-23-7-5-21/h1-3,8,10H,4-7,9H2,(H,18,22). The number of hydrogen-bond donors (Lipinski definition) is 1. The fourth-order valence-electron chi connectivity index (χ4n) is 2.37. The van der Waals surface area contributed by atoms with Crippen LogP contribution in [0.1, 0.15) is 15.9 Å². The van der Waals surface area contributed by atoms with Gasteiger partial charge in [0.15, 0.2) is 5.15 Å². The first kappa shape index (κ1) is 15.6. The van der Waals surface area contributed by atoms with Gasteiger partial charge in [-0.2, -0.15) is 5.10 Å². The molecule has 1 saturated heterocycles. The van der Waals surface area contributed by atoms with E-state index in [1.165, 1.54) is 12.3 Å². The fraction of sp³-hybridized carbons (Fsp3) is 0.333. The van der Waals surface area contributed by atoms with E-state index in [0.29, 0.717) is 25.3 Å². The monoisotopic (exact) mass is 333 g/mol. The molecule has 23 heavy (non-hydrogen) atoms. The van der Waals surface area contributed by atoms with Gasteiger partial charge in [0, 0.05) is 31.4 Å². The zero-order chi connectivity index (χ0) is 16.1. The molecule has 2 aromatic heterocycles. The summed E-state index contributed by atoms with van der Waals surface area (Å²) in [6.45, 7) is 3.33. The molecule has 0 bridgehead atoms. The van der Waals surface area contributed by atoms with E-state index in [0.717, 1.165) is 24.5 Å². The van der Waals surface area contributed by atoms with E-state index in [9.17, 15) is 4.79 Å². The number of anilines is 1. The Balaban J connectivity index is 1.69. The lowest BCUT2D eigenvalue weighted by molar-refractivity contribution is 0.0950. The van der Waals surface area contributed by atoms with Crippen LogP contribution in [0.25, 0.3) is 0 Å². The van der Waals surface area contributed by atoms with Crippen LogP contribution >= 0.6 is 11.6 Å². The Labute approximate surface area is 138 Å². The van der Waals surface area contributed by atoms with Crippen LogP contribution in [-0.4, -0.2) is 47.4 Å². The van der Waals surface area contributed by atoms with Crippen LogP contribution in [0.5, 0.6) is 0 Å². The van der Waals surface area contributed by atoms with Crippen LogP contribution in [-0.2, 0) is 11.3 Å². The molecule has 0 aliphatic carbocycles. The molecule has 1 N–H and O–H groups in total. The summed E-state index contributed by atoms with van der Waals surface area (Å²) in [7, 11) is 0. The van der Waals surface area contributed by atoms with Gasteiger partial charge in [-0.25, -0.2) is 4.98 Å². The molecule has 0 radical (unpaired) electrons. The van der Waals surface area contributed by atoms with Gasteiger partial charge in [-0.05, 0) is 12.1 Å². The molecule has 1 aliphatic heterocycles. The number of rotatable bonds is 4. The lowest BCUT2D eigenvalue weighted by Gasteiger charge is -2.29. The molecule has 0 unspecified atom stereocenters. The Kier molecular flexibility index (Phi) is 4.99. The maximum absolute atomic E-state index is 12.2. The maximum atomic E-state index is 12.2. The molecule has 1 amide bonds. The molecule has 0 saturated carbocycles. The zero-order valence-corrected chi connectivity index (χ0v) is 13.2. The number of carbonyl (C=O) groups excluding carboxylic acids is 1.